The van der Waals surface area contributed by atoms with Gasteiger partial charge in [-0.2, -0.15) is 0 Å². The summed E-state index contributed by atoms with van der Waals surface area (Å²) in [5.74, 6) is 0.473. The van der Waals surface area contributed by atoms with Crippen LogP contribution < -0.4 is 15.5 Å². The lowest BCUT2D eigenvalue weighted by Gasteiger charge is -2.21. The fraction of sp³-hybridized carbons (Fsp3) is 0.389. The first-order chi connectivity index (χ1) is 11.7. The van der Waals surface area contributed by atoms with E-state index < -0.39 is 0 Å². The van der Waals surface area contributed by atoms with Gasteiger partial charge in [0.05, 0.1) is 0 Å². The third-order valence-corrected chi connectivity index (χ3v) is 4.08. The molecule has 3 rings (SSSR count). The quantitative estimate of drug-likeness (QED) is 0.819. The third kappa shape index (κ3) is 4.01. The molecule has 0 spiro atoms. The molecule has 0 atom stereocenters. The van der Waals surface area contributed by atoms with Gasteiger partial charge in [0.2, 0.25) is 0 Å². The predicted molar refractivity (Wildman–Crippen MR) is 95.8 cm³/mol. The van der Waals surface area contributed by atoms with Gasteiger partial charge in [-0.25, -0.2) is 9.97 Å². The number of hydrogen-bond acceptors (Lipinski definition) is 5. The van der Waals surface area contributed by atoms with Gasteiger partial charge in [0, 0.05) is 36.6 Å². The Morgan fingerprint density at radius 1 is 1.17 bits per heavy atom. The van der Waals surface area contributed by atoms with Crippen molar-refractivity contribution in [3.63, 3.8) is 0 Å². The van der Waals surface area contributed by atoms with Crippen LogP contribution in [-0.2, 0) is 0 Å². The fourth-order valence-electron chi connectivity index (χ4n) is 2.53. The molecule has 1 saturated carbocycles. The average molecular weight is 325 g/mol. The highest BCUT2D eigenvalue weighted by atomic mass is 16.2. The third-order valence-electron chi connectivity index (χ3n) is 4.08. The normalized spacial score (nSPS) is 13.4. The van der Waals surface area contributed by atoms with Crippen LogP contribution in [0.15, 0.2) is 36.7 Å². The standard InChI is InChI=1S/C18H23N5O/c1-3-23(4-2)15-9-7-13(8-10-15)21-17-11-16(19-12-20-17)18(24)22-14-5-6-14/h7-12,14H,3-6H2,1-2H3,(H,22,24)(H,19,20,21). The van der Waals surface area contributed by atoms with E-state index in [1.165, 1.54) is 12.0 Å². The van der Waals surface area contributed by atoms with Gasteiger partial charge in [-0.3, -0.25) is 4.79 Å². The number of hydrogen-bond donors (Lipinski definition) is 2. The van der Waals surface area contributed by atoms with E-state index in [0.29, 0.717) is 17.6 Å². The van der Waals surface area contributed by atoms with Crippen molar-refractivity contribution in [1.82, 2.24) is 15.3 Å². The summed E-state index contributed by atoms with van der Waals surface area (Å²) >= 11 is 0. The molecule has 24 heavy (non-hydrogen) atoms. The number of carbonyl (C=O) groups is 1. The topological polar surface area (TPSA) is 70.2 Å². The van der Waals surface area contributed by atoms with E-state index in [1.807, 2.05) is 12.1 Å². The molecule has 1 fully saturated rings. The number of amides is 1. The summed E-state index contributed by atoms with van der Waals surface area (Å²) in [5.41, 5.74) is 2.51. The summed E-state index contributed by atoms with van der Waals surface area (Å²) in [7, 11) is 0. The summed E-state index contributed by atoms with van der Waals surface area (Å²) in [4.78, 5) is 22.6. The first kappa shape index (κ1) is 16.2. The molecule has 0 bridgehead atoms. The molecular weight excluding hydrogens is 302 g/mol. The minimum Gasteiger partial charge on any atom is -0.372 e. The minimum atomic E-state index is -0.139. The molecule has 1 amide bonds. The van der Waals surface area contributed by atoms with Crippen LogP contribution in [0.2, 0.25) is 0 Å². The maximum absolute atomic E-state index is 12.1. The summed E-state index contributed by atoms with van der Waals surface area (Å²) in [6, 6.07) is 10.2. The number of nitrogens with zero attached hydrogens (tertiary/aromatic N) is 3. The summed E-state index contributed by atoms with van der Waals surface area (Å²) < 4.78 is 0. The van der Waals surface area contributed by atoms with E-state index in [2.05, 4.69) is 51.5 Å². The number of benzene rings is 1. The molecule has 0 saturated heterocycles. The number of nitrogens with one attached hydrogen (secondary N) is 2. The summed E-state index contributed by atoms with van der Waals surface area (Å²) in [6.45, 7) is 6.25. The Balaban J connectivity index is 1.68. The number of rotatable bonds is 7. The van der Waals surface area contributed by atoms with Crippen LogP contribution in [-0.4, -0.2) is 35.0 Å². The van der Waals surface area contributed by atoms with Crippen molar-refractivity contribution in [3.8, 4) is 0 Å². The SMILES string of the molecule is CCN(CC)c1ccc(Nc2cc(C(=O)NC3CC3)ncn2)cc1. The van der Waals surface area contributed by atoms with Crippen LogP contribution in [0.4, 0.5) is 17.2 Å². The lowest BCUT2D eigenvalue weighted by Crippen LogP contribution is -2.26. The van der Waals surface area contributed by atoms with E-state index in [1.54, 1.807) is 6.07 Å². The fourth-order valence-corrected chi connectivity index (χ4v) is 2.53. The molecule has 2 N–H and O–H groups in total. The van der Waals surface area contributed by atoms with Gasteiger partial charge in [-0.1, -0.05) is 0 Å². The molecule has 6 heteroatoms. The smallest absolute Gasteiger partial charge is 0.270 e. The van der Waals surface area contributed by atoms with Crippen LogP contribution in [0.5, 0.6) is 0 Å². The van der Waals surface area contributed by atoms with Gasteiger partial charge in [-0.15, -0.1) is 0 Å². The van der Waals surface area contributed by atoms with E-state index in [9.17, 15) is 4.79 Å². The Morgan fingerprint density at radius 2 is 1.88 bits per heavy atom. The molecule has 6 nitrogen and oxygen atoms in total. The van der Waals surface area contributed by atoms with Crippen LogP contribution in [0.3, 0.4) is 0 Å². The lowest BCUT2D eigenvalue weighted by atomic mass is 10.2. The molecular formula is C18H23N5O. The van der Waals surface area contributed by atoms with E-state index in [-0.39, 0.29) is 5.91 Å². The van der Waals surface area contributed by atoms with Gasteiger partial charge in [0.1, 0.15) is 17.8 Å². The van der Waals surface area contributed by atoms with E-state index >= 15 is 0 Å². The number of anilines is 3. The average Bonchev–Trinajstić information content (AvgIpc) is 3.42. The molecule has 0 unspecified atom stereocenters. The summed E-state index contributed by atoms with van der Waals surface area (Å²) in [6.07, 6.45) is 3.52. The number of aromatic nitrogens is 2. The van der Waals surface area contributed by atoms with Crippen LogP contribution in [0.25, 0.3) is 0 Å². The largest absolute Gasteiger partial charge is 0.372 e. The minimum absolute atomic E-state index is 0.139. The second-order valence-electron chi connectivity index (χ2n) is 5.88. The predicted octanol–water partition coefficient (Wildman–Crippen LogP) is 2.96. The first-order valence-corrected chi connectivity index (χ1v) is 8.44. The molecule has 1 aliphatic rings. The van der Waals surface area contributed by atoms with Crippen LogP contribution >= 0.6 is 0 Å². The Hall–Kier alpha value is -2.63. The molecule has 1 aliphatic carbocycles. The first-order valence-electron chi connectivity index (χ1n) is 8.44. The number of carbonyl (C=O) groups excluding carboxylic acids is 1. The molecule has 1 aromatic heterocycles. The molecule has 0 aliphatic heterocycles. The second-order valence-corrected chi connectivity index (χ2v) is 5.88. The highest BCUT2D eigenvalue weighted by Crippen LogP contribution is 2.21. The zero-order valence-corrected chi connectivity index (χ0v) is 14.1. The van der Waals surface area contributed by atoms with Crippen molar-refractivity contribution in [2.75, 3.05) is 23.3 Å². The second kappa shape index (κ2) is 7.29. The van der Waals surface area contributed by atoms with Gasteiger partial charge >= 0.3 is 0 Å². The van der Waals surface area contributed by atoms with E-state index in [0.717, 1.165) is 31.6 Å². The Kier molecular flexibility index (Phi) is 4.93. The zero-order valence-electron chi connectivity index (χ0n) is 14.1. The van der Waals surface area contributed by atoms with Crippen molar-refractivity contribution < 1.29 is 4.79 Å². The zero-order chi connectivity index (χ0) is 16.9. The Labute approximate surface area is 142 Å². The highest BCUT2D eigenvalue weighted by molar-refractivity contribution is 5.93. The monoisotopic (exact) mass is 325 g/mol. The van der Waals surface area contributed by atoms with Gasteiger partial charge < -0.3 is 15.5 Å². The van der Waals surface area contributed by atoms with Crippen LogP contribution in [0.1, 0.15) is 37.2 Å². The Bertz CT molecular complexity index is 693. The molecule has 2 aromatic rings. The molecule has 126 valence electrons. The maximum atomic E-state index is 12.1. The van der Waals surface area contributed by atoms with Gasteiger partial charge in [0.15, 0.2) is 0 Å². The lowest BCUT2D eigenvalue weighted by molar-refractivity contribution is 0.0946. The van der Waals surface area contributed by atoms with Crippen molar-refractivity contribution in [1.29, 1.82) is 0 Å². The molecule has 1 aromatic carbocycles. The van der Waals surface area contributed by atoms with E-state index in [4.69, 9.17) is 0 Å². The Morgan fingerprint density at radius 3 is 2.50 bits per heavy atom. The van der Waals surface area contributed by atoms with Gasteiger partial charge in [-0.05, 0) is 51.0 Å². The molecule has 1 heterocycles. The highest BCUT2D eigenvalue weighted by Gasteiger charge is 2.24. The summed E-state index contributed by atoms with van der Waals surface area (Å²) in [5, 5.41) is 6.15. The van der Waals surface area contributed by atoms with Crippen molar-refractivity contribution in [2.45, 2.75) is 32.7 Å². The van der Waals surface area contributed by atoms with Gasteiger partial charge in [0.25, 0.3) is 5.91 Å². The molecule has 0 radical (unpaired) electrons. The maximum Gasteiger partial charge on any atom is 0.270 e. The van der Waals surface area contributed by atoms with Crippen molar-refractivity contribution in [2.24, 2.45) is 0 Å². The van der Waals surface area contributed by atoms with Crippen molar-refractivity contribution in [3.05, 3.63) is 42.4 Å². The van der Waals surface area contributed by atoms with Crippen LogP contribution in [0, 0.1) is 0 Å². The van der Waals surface area contributed by atoms with Crippen molar-refractivity contribution >= 4 is 23.1 Å².